The Bertz CT molecular complexity index is 475. The van der Waals surface area contributed by atoms with E-state index in [1.165, 1.54) is 6.33 Å². The summed E-state index contributed by atoms with van der Waals surface area (Å²) in [6, 6.07) is -0.244. The first-order valence-electron chi connectivity index (χ1n) is 6.42. The van der Waals surface area contributed by atoms with Crippen molar-refractivity contribution >= 4 is 17.5 Å². The number of hydrogen-bond acceptors (Lipinski definition) is 6. The number of carbonyl (C=O) groups is 1. The molecule has 1 saturated heterocycles. The summed E-state index contributed by atoms with van der Waals surface area (Å²) in [5.41, 5.74) is 3.54. The maximum atomic E-state index is 11.8. The monoisotopic (exact) mass is 264 g/mol. The van der Waals surface area contributed by atoms with Crippen molar-refractivity contribution in [2.24, 2.45) is 5.84 Å². The lowest BCUT2D eigenvalue weighted by Crippen LogP contribution is -2.54. The summed E-state index contributed by atoms with van der Waals surface area (Å²) in [7, 11) is 0. The maximum Gasteiger partial charge on any atom is 0.242 e. The first-order valence-corrected chi connectivity index (χ1v) is 6.42. The molecule has 1 aliphatic heterocycles. The predicted molar refractivity (Wildman–Crippen MR) is 73.7 cm³/mol. The number of nitrogens with two attached hydrogens (primary N) is 1. The molecule has 1 aromatic heterocycles. The Morgan fingerprint density at radius 1 is 1.53 bits per heavy atom. The fraction of sp³-hybridized carbons (Fsp3) is 0.583. The van der Waals surface area contributed by atoms with Gasteiger partial charge in [-0.2, -0.15) is 0 Å². The van der Waals surface area contributed by atoms with Crippen LogP contribution in [0.1, 0.15) is 32.3 Å². The summed E-state index contributed by atoms with van der Waals surface area (Å²) in [6.45, 7) is 7.33. The van der Waals surface area contributed by atoms with Gasteiger partial charge in [0.1, 0.15) is 24.0 Å². The van der Waals surface area contributed by atoms with E-state index in [1.54, 1.807) is 0 Å². The van der Waals surface area contributed by atoms with Crippen molar-refractivity contribution in [2.75, 3.05) is 23.4 Å². The molecule has 2 rings (SSSR count). The van der Waals surface area contributed by atoms with Gasteiger partial charge in [0.15, 0.2) is 0 Å². The van der Waals surface area contributed by atoms with Crippen molar-refractivity contribution in [3.63, 3.8) is 0 Å². The number of amides is 1. The Kier molecular flexibility index (Phi) is 3.84. The van der Waals surface area contributed by atoms with E-state index in [2.05, 4.69) is 34.6 Å². The zero-order valence-electron chi connectivity index (χ0n) is 11.5. The van der Waals surface area contributed by atoms with Crippen molar-refractivity contribution in [3.05, 3.63) is 11.9 Å². The molecule has 1 aromatic rings. The van der Waals surface area contributed by atoms with Gasteiger partial charge >= 0.3 is 0 Å². The summed E-state index contributed by atoms with van der Waals surface area (Å²) in [5, 5.41) is 2.84. The van der Waals surface area contributed by atoms with Crippen molar-refractivity contribution < 1.29 is 4.79 Å². The average Bonchev–Trinajstić information content (AvgIpc) is 2.40. The van der Waals surface area contributed by atoms with Crippen LogP contribution in [0.5, 0.6) is 0 Å². The lowest BCUT2D eigenvalue weighted by molar-refractivity contribution is -0.122. The normalized spacial score (nSPS) is 19.5. The Hall–Kier alpha value is -1.89. The van der Waals surface area contributed by atoms with E-state index in [0.29, 0.717) is 12.4 Å². The van der Waals surface area contributed by atoms with Gasteiger partial charge in [-0.1, -0.05) is 13.8 Å². The van der Waals surface area contributed by atoms with Crippen LogP contribution < -0.4 is 21.5 Å². The molecule has 104 valence electrons. The number of hydrogen-bond donors (Lipinski definition) is 3. The molecule has 1 amide bonds. The largest absolute Gasteiger partial charge is 0.353 e. The molecular weight excluding hydrogens is 244 g/mol. The quantitative estimate of drug-likeness (QED) is 0.533. The summed E-state index contributed by atoms with van der Waals surface area (Å²) in [5.74, 6) is 7.12. The number of nitrogen functional groups attached to an aromatic ring is 1. The van der Waals surface area contributed by atoms with Crippen LogP contribution in [0.2, 0.25) is 0 Å². The first kappa shape index (κ1) is 13.5. The number of anilines is 2. The highest BCUT2D eigenvalue weighted by atomic mass is 16.2. The summed E-state index contributed by atoms with van der Waals surface area (Å²) >= 11 is 0. The molecule has 7 heteroatoms. The number of aromatic nitrogens is 2. The van der Waals surface area contributed by atoms with E-state index >= 15 is 0 Å². The number of hydrazine groups is 1. The van der Waals surface area contributed by atoms with Gasteiger partial charge < -0.3 is 15.6 Å². The number of rotatable bonds is 3. The molecule has 1 aliphatic rings. The SMILES string of the molecule is CC(C)c1c(NN)ncnc1N1CCNC(=O)C1C. The van der Waals surface area contributed by atoms with Crippen LogP contribution in [-0.2, 0) is 4.79 Å². The van der Waals surface area contributed by atoms with E-state index in [9.17, 15) is 4.79 Å². The molecule has 7 nitrogen and oxygen atoms in total. The number of carbonyl (C=O) groups excluding carboxylic acids is 1. The van der Waals surface area contributed by atoms with Crippen LogP contribution in [0.25, 0.3) is 0 Å². The lowest BCUT2D eigenvalue weighted by Gasteiger charge is -2.35. The van der Waals surface area contributed by atoms with Crippen molar-refractivity contribution in [1.82, 2.24) is 15.3 Å². The molecule has 4 N–H and O–H groups in total. The van der Waals surface area contributed by atoms with Crippen LogP contribution in [0.15, 0.2) is 6.33 Å². The van der Waals surface area contributed by atoms with Crippen LogP contribution in [-0.4, -0.2) is 35.0 Å². The molecule has 1 fully saturated rings. The van der Waals surface area contributed by atoms with Gasteiger partial charge in [-0.3, -0.25) is 4.79 Å². The van der Waals surface area contributed by atoms with E-state index in [-0.39, 0.29) is 17.9 Å². The highest BCUT2D eigenvalue weighted by molar-refractivity contribution is 5.86. The fourth-order valence-electron chi connectivity index (χ4n) is 2.33. The molecule has 0 aromatic carbocycles. The highest BCUT2D eigenvalue weighted by Crippen LogP contribution is 2.31. The molecule has 0 bridgehead atoms. The Labute approximate surface area is 112 Å². The third-order valence-electron chi connectivity index (χ3n) is 3.35. The summed E-state index contributed by atoms with van der Waals surface area (Å²) < 4.78 is 0. The van der Waals surface area contributed by atoms with Crippen molar-refractivity contribution in [2.45, 2.75) is 32.7 Å². The minimum absolute atomic E-state index is 0.0156. The van der Waals surface area contributed by atoms with E-state index < -0.39 is 0 Å². The molecule has 19 heavy (non-hydrogen) atoms. The Balaban J connectivity index is 2.46. The molecular formula is C12H20N6O. The standard InChI is InChI=1S/C12H20N6O/c1-7(2)9-10(17-13)15-6-16-11(9)18-5-4-14-12(19)8(18)3/h6-8H,4-5,13H2,1-3H3,(H,14,19)(H,15,16,17). The lowest BCUT2D eigenvalue weighted by atomic mass is 10.0. The van der Waals surface area contributed by atoms with Crippen LogP contribution >= 0.6 is 0 Å². The fourth-order valence-corrected chi connectivity index (χ4v) is 2.33. The average molecular weight is 264 g/mol. The molecule has 1 atom stereocenters. The molecule has 1 unspecified atom stereocenters. The van der Waals surface area contributed by atoms with Gasteiger partial charge in [-0.05, 0) is 12.8 Å². The third-order valence-corrected chi connectivity index (χ3v) is 3.35. The van der Waals surface area contributed by atoms with Gasteiger partial charge in [0.2, 0.25) is 5.91 Å². The van der Waals surface area contributed by atoms with Gasteiger partial charge in [0, 0.05) is 18.7 Å². The van der Waals surface area contributed by atoms with Crippen LogP contribution in [0.3, 0.4) is 0 Å². The smallest absolute Gasteiger partial charge is 0.242 e. The molecule has 0 radical (unpaired) electrons. The Morgan fingerprint density at radius 3 is 2.89 bits per heavy atom. The van der Waals surface area contributed by atoms with Gasteiger partial charge in [0.25, 0.3) is 0 Å². The van der Waals surface area contributed by atoms with Crippen LogP contribution in [0.4, 0.5) is 11.6 Å². The molecule has 2 heterocycles. The van der Waals surface area contributed by atoms with Crippen LogP contribution in [0, 0.1) is 0 Å². The molecule has 0 aliphatic carbocycles. The highest BCUT2D eigenvalue weighted by Gasteiger charge is 2.29. The minimum Gasteiger partial charge on any atom is -0.353 e. The number of nitrogens with zero attached hydrogens (tertiary/aromatic N) is 3. The van der Waals surface area contributed by atoms with Crippen molar-refractivity contribution in [1.29, 1.82) is 0 Å². The maximum absolute atomic E-state index is 11.8. The molecule has 0 spiro atoms. The van der Waals surface area contributed by atoms with E-state index in [4.69, 9.17) is 5.84 Å². The number of nitrogens with one attached hydrogen (secondary N) is 2. The van der Waals surface area contributed by atoms with Crippen molar-refractivity contribution in [3.8, 4) is 0 Å². The number of piperazine rings is 1. The summed E-state index contributed by atoms with van der Waals surface area (Å²) in [4.78, 5) is 22.3. The van der Waals surface area contributed by atoms with Gasteiger partial charge in [0.05, 0.1) is 0 Å². The zero-order chi connectivity index (χ0) is 14.0. The zero-order valence-corrected chi connectivity index (χ0v) is 11.5. The Morgan fingerprint density at radius 2 is 2.26 bits per heavy atom. The second kappa shape index (κ2) is 5.40. The second-order valence-electron chi connectivity index (χ2n) is 4.92. The summed E-state index contributed by atoms with van der Waals surface area (Å²) in [6.07, 6.45) is 1.47. The second-order valence-corrected chi connectivity index (χ2v) is 4.92. The van der Waals surface area contributed by atoms with E-state index in [0.717, 1.165) is 17.9 Å². The molecule has 0 saturated carbocycles. The first-order chi connectivity index (χ1) is 9.06. The van der Waals surface area contributed by atoms with Gasteiger partial charge in [-0.15, -0.1) is 0 Å². The van der Waals surface area contributed by atoms with Gasteiger partial charge in [-0.25, -0.2) is 15.8 Å². The van der Waals surface area contributed by atoms with E-state index in [1.807, 2.05) is 11.8 Å². The minimum atomic E-state index is -0.244. The predicted octanol–water partition coefficient (Wildman–Crippen LogP) is 0.210. The topological polar surface area (TPSA) is 96.2 Å². The third kappa shape index (κ3) is 2.46.